The van der Waals surface area contributed by atoms with E-state index < -0.39 is 0 Å². The van der Waals surface area contributed by atoms with Gasteiger partial charge in [0.1, 0.15) is 6.10 Å². The maximum Gasteiger partial charge on any atom is 0.245 e. The molecule has 0 saturated carbocycles. The van der Waals surface area contributed by atoms with Crippen LogP contribution in [-0.4, -0.2) is 45.2 Å². The number of rotatable bonds is 4. The minimum atomic E-state index is -0.150. The van der Waals surface area contributed by atoms with Crippen molar-refractivity contribution in [3.8, 4) is 0 Å². The van der Waals surface area contributed by atoms with Crippen molar-refractivity contribution in [1.29, 1.82) is 0 Å². The molecule has 7 nitrogen and oxygen atoms in total. The maximum absolute atomic E-state index is 12.5. The van der Waals surface area contributed by atoms with E-state index in [9.17, 15) is 4.79 Å². The first kappa shape index (κ1) is 16.2. The topological polar surface area (TPSA) is 81.4 Å². The van der Waals surface area contributed by atoms with E-state index in [2.05, 4.69) is 15.2 Å². The molecule has 2 saturated heterocycles. The summed E-state index contributed by atoms with van der Waals surface area (Å²) in [4.78, 5) is 18.6. The van der Waals surface area contributed by atoms with Crippen molar-refractivity contribution in [1.82, 2.24) is 20.1 Å². The van der Waals surface area contributed by atoms with Crippen molar-refractivity contribution in [3.05, 3.63) is 41.9 Å². The third kappa shape index (κ3) is 3.28. The normalized spacial score (nSPS) is 25.6. The summed E-state index contributed by atoms with van der Waals surface area (Å²) in [7, 11) is 0. The van der Waals surface area contributed by atoms with Crippen LogP contribution in [0.15, 0.2) is 28.8 Å². The molecular formula is C18H22N4O3. The quantitative estimate of drug-likeness (QED) is 0.846. The summed E-state index contributed by atoms with van der Waals surface area (Å²) >= 11 is 0. The van der Waals surface area contributed by atoms with Crippen LogP contribution in [0.25, 0.3) is 0 Å². The number of hydrogen-bond donors (Lipinski definition) is 0. The van der Waals surface area contributed by atoms with Crippen LogP contribution in [0.3, 0.4) is 0 Å². The molecule has 2 aliphatic heterocycles. The third-order valence-electron chi connectivity index (χ3n) is 4.87. The van der Waals surface area contributed by atoms with Gasteiger partial charge in [0.25, 0.3) is 0 Å². The lowest BCUT2D eigenvalue weighted by Crippen LogP contribution is -2.32. The van der Waals surface area contributed by atoms with Gasteiger partial charge in [0.05, 0.1) is 12.5 Å². The Kier molecular flexibility index (Phi) is 4.25. The minimum Gasteiger partial charge on any atom is -0.422 e. The summed E-state index contributed by atoms with van der Waals surface area (Å²) in [5, 5.41) is 8.20. The van der Waals surface area contributed by atoms with Crippen molar-refractivity contribution in [2.45, 2.75) is 44.8 Å². The van der Waals surface area contributed by atoms with Crippen LogP contribution in [0.4, 0.5) is 0 Å². The smallest absolute Gasteiger partial charge is 0.245 e. The summed E-state index contributed by atoms with van der Waals surface area (Å²) in [6.45, 7) is 5.38. The maximum atomic E-state index is 12.5. The van der Waals surface area contributed by atoms with E-state index in [1.165, 1.54) is 0 Å². The fourth-order valence-electron chi connectivity index (χ4n) is 3.51. The second-order valence-electron chi connectivity index (χ2n) is 7.09. The summed E-state index contributed by atoms with van der Waals surface area (Å²) in [6.07, 6.45) is 2.77. The van der Waals surface area contributed by atoms with Crippen LogP contribution in [0.1, 0.15) is 49.8 Å². The first-order chi connectivity index (χ1) is 12.1. The average Bonchev–Trinajstić information content (AvgIpc) is 3.29. The Labute approximate surface area is 146 Å². The van der Waals surface area contributed by atoms with Gasteiger partial charge in [-0.3, -0.25) is 9.78 Å². The Balaban J connectivity index is 1.35. The van der Waals surface area contributed by atoms with Crippen LogP contribution in [-0.2, 0) is 16.0 Å². The van der Waals surface area contributed by atoms with Gasteiger partial charge in [-0.25, -0.2) is 0 Å². The van der Waals surface area contributed by atoms with E-state index in [0.717, 1.165) is 18.7 Å². The molecule has 7 heteroatoms. The van der Waals surface area contributed by atoms with Crippen molar-refractivity contribution < 1.29 is 13.9 Å². The van der Waals surface area contributed by atoms with Crippen LogP contribution in [0, 0.1) is 5.92 Å². The van der Waals surface area contributed by atoms with Gasteiger partial charge in [-0.15, -0.1) is 10.2 Å². The van der Waals surface area contributed by atoms with E-state index in [0.29, 0.717) is 30.7 Å². The minimum absolute atomic E-state index is 0.0482. The summed E-state index contributed by atoms with van der Waals surface area (Å²) < 4.78 is 11.8. The monoisotopic (exact) mass is 342 g/mol. The molecule has 1 amide bonds. The highest BCUT2D eigenvalue weighted by atomic mass is 16.5. The number of likely N-dealkylation sites (tertiary alicyclic amines) is 1. The fraction of sp³-hybridized carbons (Fsp3) is 0.556. The number of carbonyl (C=O) groups excluding carboxylic acids is 1. The Morgan fingerprint density at radius 1 is 1.32 bits per heavy atom. The summed E-state index contributed by atoms with van der Waals surface area (Å²) in [6, 6.07) is 5.63. The summed E-state index contributed by atoms with van der Waals surface area (Å²) in [5.41, 5.74) is 0.801. The Bertz CT molecular complexity index is 732. The second-order valence-corrected chi connectivity index (χ2v) is 7.09. The first-order valence-electron chi connectivity index (χ1n) is 8.76. The summed E-state index contributed by atoms with van der Waals surface area (Å²) in [5.74, 6) is 1.84. The molecule has 2 aromatic rings. The molecule has 0 aliphatic carbocycles. The van der Waals surface area contributed by atoms with Crippen molar-refractivity contribution in [2.75, 3.05) is 13.1 Å². The second kappa shape index (κ2) is 6.55. The van der Waals surface area contributed by atoms with Gasteiger partial charge in [-0.1, -0.05) is 19.9 Å². The molecule has 2 fully saturated rings. The number of amides is 1. The predicted molar refractivity (Wildman–Crippen MR) is 88.6 cm³/mol. The lowest BCUT2D eigenvalue weighted by molar-refractivity contribution is -0.130. The zero-order valence-electron chi connectivity index (χ0n) is 14.5. The van der Waals surface area contributed by atoms with Crippen LogP contribution >= 0.6 is 0 Å². The van der Waals surface area contributed by atoms with E-state index in [1.54, 1.807) is 6.20 Å². The van der Waals surface area contributed by atoms with Crippen LogP contribution in [0.5, 0.6) is 0 Å². The molecule has 0 unspecified atom stereocenters. The van der Waals surface area contributed by atoms with Crippen molar-refractivity contribution >= 4 is 5.91 Å². The molecule has 0 bridgehead atoms. The molecule has 3 atom stereocenters. The molecule has 4 rings (SSSR count). The molecule has 0 spiro atoms. The van der Waals surface area contributed by atoms with E-state index >= 15 is 0 Å². The first-order valence-corrected chi connectivity index (χ1v) is 8.76. The highest BCUT2D eigenvalue weighted by Crippen LogP contribution is 2.40. The van der Waals surface area contributed by atoms with Gasteiger partial charge < -0.3 is 14.1 Å². The molecular weight excluding hydrogens is 320 g/mol. The molecule has 0 N–H and O–H groups in total. The molecule has 0 radical (unpaired) electrons. The number of carbonyl (C=O) groups is 1. The Hall–Kier alpha value is -2.28. The molecule has 2 aliphatic rings. The predicted octanol–water partition coefficient (Wildman–Crippen LogP) is 2.12. The van der Waals surface area contributed by atoms with Crippen molar-refractivity contribution in [3.63, 3.8) is 0 Å². The van der Waals surface area contributed by atoms with Gasteiger partial charge in [0.15, 0.2) is 0 Å². The zero-order chi connectivity index (χ0) is 17.4. The molecule has 4 heterocycles. The average molecular weight is 342 g/mol. The number of fused-ring (bicyclic) bond motifs is 1. The largest absolute Gasteiger partial charge is 0.422 e. The van der Waals surface area contributed by atoms with Gasteiger partial charge in [0.2, 0.25) is 17.7 Å². The molecule has 25 heavy (non-hydrogen) atoms. The van der Waals surface area contributed by atoms with Gasteiger partial charge in [0, 0.05) is 36.8 Å². The molecule has 2 aromatic heterocycles. The lowest BCUT2D eigenvalue weighted by atomic mass is 10.0. The highest BCUT2D eigenvalue weighted by molar-refractivity contribution is 5.78. The number of hydrogen-bond acceptors (Lipinski definition) is 6. The number of pyridine rings is 1. The third-order valence-corrected chi connectivity index (χ3v) is 4.87. The van der Waals surface area contributed by atoms with Gasteiger partial charge in [-0.05, 0) is 18.6 Å². The zero-order valence-corrected chi connectivity index (χ0v) is 14.5. The molecule has 0 aromatic carbocycles. The van der Waals surface area contributed by atoms with Gasteiger partial charge >= 0.3 is 0 Å². The Morgan fingerprint density at radius 2 is 2.20 bits per heavy atom. The van der Waals surface area contributed by atoms with Crippen LogP contribution in [0.2, 0.25) is 0 Å². The number of aromatic nitrogens is 3. The molecule has 132 valence electrons. The number of ether oxygens (including phenoxy) is 1. The SMILES string of the molecule is CC(C)c1nnc([C@@H]2C[C@H]3CN(C(=O)Cc4ccccn4)C[C@H]3O2)o1. The van der Waals surface area contributed by atoms with E-state index in [1.807, 2.05) is 36.9 Å². The van der Waals surface area contributed by atoms with E-state index in [4.69, 9.17) is 9.15 Å². The standard InChI is InChI=1S/C18H22N4O3/c1-11(2)17-20-21-18(25-17)14-7-12-9-22(10-15(12)24-14)16(23)8-13-5-3-4-6-19-13/h3-6,11-12,14-15H,7-10H2,1-2H3/t12-,14-,15+/m0/s1. The fourth-order valence-corrected chi connectivity index (χ4v) is 3.51. The van der Waals surface area contributed by atoms with Crippen molar-refractivity contribution in [2.24, 2.45) is 5.92 Å². The number of nitrogens with zero attached hydrogens (tertiary/aromatic N) is 4. The lowest BCUT2D eigenvalue weighted by Gasteiger charge is -2.18. The highest BCUT2D eigenvalue weighted by Gasteiger charge is 2.45. The van der Waals surface area contributed by atoms with Crippen LogP contribution < -0.4 is 0 Å². The van der Waals surface area contributed by atoms with Gasteiger partial charge in [-0.2, -0.15) is 0 Å². The van der Waals surface area contributed by atoms with E-state index in [-0.39, 0.29) is 24.0 Å². The Morgan fingerprint density at radius 3 is 2.88 bits per heavy atom.